The van der Waals surface area contributed by atoms with Crippen LogP contribution in [0.25, 0.3) is 23.3 Å². The van der Waals surface area contributed by atoms with Crippen LogP contribution in [0.2, 0.25) is 0 Å². The van der Waals surface area contributed by atoms with E-state index in [4.69, 9.17) is 9.47 Å². The van der Waals surface area contributed by atoms with Gasteiger partial charge in [-0.05, 0) is 108 Å². The highest BCUT2D eigenvalue weighted by Gasteiger charge is 2.01. The summed E-state index contributed by atoms with van der Waals surface area (Å²) in [5.41, 5.74) is 9.06. The zero-order valence-corrected chi connectivity index (χ0v) is 32.6. The van der Waals surface area contributed by atoms with Gasteiger partial charge in [-0.25, -0.2) is 0 Å². The first-order chi connectivity index (χ1) is 25.4. The second-order valence-electron chi connectivity index (χ2n) is 11.8. The van der Waals surface area contributed by atoms with Crippen molar-refractivity contribution in [3.8, 4) is 11.5 Å². The minimum absolute atomic E-state index is 0.831. The second-order valence-corrected chi connectivity index (χ2v) is 13.6. The Balaban J connectivity index is 1.57. The Bertz CT molecular complexity index is 1830. The summed E-state index contributed by atoms with van der Waals surface area (Å²) in [5, 5.41) is 0. The Morgan fingerprint density at radius 1 is 0.442 bits per heavy atom. The van der Waals surface area contributed by atoms with Crippen LogP contribution in [0.3, 0.4) is 0 Å². The van der Waals surface area contributed by atoms with Crippen molar-refractivity contribution in [2.24, 2.45) is 0 Å². The van der Waals surface area contributed by atoms with E-state index in [0.717, 1.165) is 44.9 Å². The number of rotatable bonds is 16. The van der Waals surface area contributed by atoms with Crippen molar-refractivity contribution in [2.45, 2.75) is 23.6 Å². The van der Waals surface area contributed by atoms with Crippen molar-refractivity contribution >= 4 is 46.8 Å². The first-order valence-corrected chi connectivity index (χ1v) is 19.6. The molecule has 0 atom stereocenters. The summed E-state index contributed by atoms with van der Waals surface area (Å²) in [6.45, 7) is 4.23. The lowest BCUT2D eigenvalue weighted by Crippen LogP contribution is -1.85. The molecule has 0 N–H and O–H groups in total. The van der Waals surface area contributed by atoms with Gasteiger partial charge >= 0.3 is 0 Å². The monoisotopic (exact) mass is 720 g/mol. The van der Waals surface area contributed by atoms with Crippen molar-refractivity contribution < 1.29 is 9.47 Å². The predicted octanol–water partition coefficient (Wildman–Crippen LogP) is 13.6. The summed E-state index contributed by atoms with van der Waals surface area (Å²) in [6.07, 6.45) is 34.0. The SMILES string of the molecule is COc1ccc(C(C=CC(C)=CC=Cc2ccc(SC)cc2)=CC=CC=C(C=CC(C)=CC=Cc2ccc(SC)cc2)c2ccc(OC)cc2)cc1. The molecule has 0 heterocycles. The Morgan fingerprint density at radius 2 is 0.808 bits per heavy atom. The predicted molar refractivity (Wildman–Crippen MR) is 231 cm³/mol. The van der Waals surface area contributed by atoms with Crippen molar-refractivity contribution in [3.63, 3.8) is 0 Å². The lowest BCUT2D eigenvalue weighted by atomic mass is 10.0. The topological polar surface area (TPSA) is 18.5 Å². The molecule has 0 aliphatic heterocycles. The fraction of sp³-hybridized carbons (Fsp3) is 0.125. The van der Waals surface area contributed by atoms with Crippen LogP contribution < -0.4 is 9.47 Å². The highest BCUT2D eigenvalue weighted by Crippen LogP contribution is 2.23. The zero-order valence-electron chi connectivity index (χ0n) is 31.0. The highest BCUT2D eigenvalue weighted by atomic mass is 32.2. The van der Waals surface area contributed by atoms with Gasteiger partial charge in [-0.15, -0.1) is 23.5 Å². The fourth-order valence-electron chi connectivity index (χ4n) is 4.99. The average Bonchev–Trinajstić information content (AvgIpc) is 3.19. The molecule has 52 heavy (non-hydrogen) atoms. The van der Waals surface area contributed by atoms with E-state index in [1.165, 1.54) is 20.9 Å². The average molecular weight is 721 g/mol. The normalized spacial score (nSPS) is 13.4. The molecule has 0 aliphatic carbocycles. The molecule has 0 amide bonds. The minimum Gasteiger partial charge on any atom is -0.497 e. The van der Waals surface area contributed by atoms with E-state index < -0.39 is 0 Å². The summed E-state index contributed by atoms with van der Waals surface area (Å²) < 4.78 is 10.8. The lowest BCUT2D eigenvalue weighted by molar-refractivity contribution is 0.414. The molecule has 4 heteroatoms. The summed E-state index contributed by atoms with van der Waals surface area (Å²) in [5.74, 6) is 1.66. The van der Waals surface area contributed by atoms with Gasteiger partial charge in [0.1, 0.15) is 11.5 Å². The maximum atomic E-state index is 5.41. The van der Waals surface area contributed by atoms with Gasteiger partial charge in [0, 0.05) is 9.79 Å². The van der Waals surface area contributed by atoms with Crippen LogP contribution >= 0.6 is 23.5 Å². The van der Waals surface area contributed by atoms with Crippen LogP contribution in [0.15, 0.2) is 191 Å². The first-order valence-electron chi connectivity index (χ1n) is 17.1. The maximum Gasteiger partial charge on any atom is 0.118 e. The molecular formula is C48H48O2S2. The number of ether oxygens (including phenoxy) is 2. The zero-order chi connectivity index (χ0) is 37.0. The highest BCUT2D eigenvalue weighted by molar-refractivity contribution is 7.98. The smallest absolute Gasteiger partial charge is 0.118 e. The van der Waals surface area contributed by atoms with Gasteiger partial charge in [-0.2, -0.15) is 0 Å². The van der Waals surface area contributed by atoms with Gasteiger partial charge in [0.15, 0.2) is 0 Å². The van der Waals surface area contributed by atoms with Gasteiger partial charge < -0.3 is 9.47 Å². The van der Waals surface area contributed by atoms with Crippen molar-refractivity contribution in [1.82, 2.24) is 0 Å². The third kappa shape index (κ3) is 13.5. The van der Waals surface area contributed by atoms with Crippen molar-refractivity contribution in [3.05, 3.63) is 203 Å². The van der Waals surface area contributed by atoms with Crippen molar-refractivity contribution in [2.75, 3.05) is 26.7 Å². The summed E-state index contributed by atoms with van der Waals surface area (Å²) >= 11 is 3.50. The molecule has 4 aromatic rings. The number of thioether (sulfide) groups is 2. The molecule has 4 aromatic carbocycles. The molecule has 0 saturated carbocycles. The van der Waals surface area contributed by atoms with E-state index in [9.17, 15) is 0 Å². The Hall–Kier alpha value is -5.16. The van der Waals surface area contributed by atoms with Crippen LogP contribution in [0.4, 0.5) is 0 Å². The number of methoxy groups -OCH3 is 2. The van der Waals surface area contributed by atoms with E-state index in [-0.39, 0.29) is 0 Å². The molecule has 0 aliphatic rings. The summed E-state index contributed by atoms with van der Waals surface area (Å²) in [6, 6.07) is 33.5. The van der Waals surface area contributed by atoms with E-state index in [2.05, 4.69) is 184 Å². The quantitative estimate of drug-likeness (QED) is 0.0847. The maximum absolute atomic E-state index is 5.41. The number of allylic oxidation sites excluding steroid dienone is 16. The third-order valence-electron chi connectivity index (χ3n) is 8.09. The summed E-state index contributed by atoms with van der Waals surface area (Å²) in [4.78, 5) is 2.53. The molecule has 0 saturated heterocycles. The van der Waals surface area contributed by atoms with E-state index in [0.29, 0.717) is 0 Å². The largest absolute Gasteiger partial charge is 0.497 e. The number of benzene rings is 4. The van der Waals surface area contributed by atoms with Gasteiger partial charge in [-0.3, -0.25) is 0 Å². The van der Waals surface area contributed by atoms with Crippen LogP contribution in [0.1, 0.15) is 36.1 Å². The summed E-state index contributed by atoms with van der Waals surface area (Å²) in [7, 11) is 3.38. The van der Waals surface area contributed by atoms with Gasteiger partial charge in [0.2, 0.25) is 0 Å². The van der Waals surface area contributed by atoms with E-state index in [1.807, 2.05) is 24.3 Å². The Labute approximate surface area is 320 Å². The molecule has 0 fully saturated rings. The van der Waals surface area contributed by atoms with E-state index in [1.54, 1.807) is 37.7 Å². The van der Waals surface area contributed by atoms with Gasteiger partial charge in [0.05, 0.1) is 14.2 Å². The third-order valence-corrected chi connectivity index (χ3v) is 9.58. The number of hydrogen-bond donors (Lipinski definition) is 0. The van der Waals surface area contributed by atoms with Gasteiger partial charge in [0.25, 0.3) is 0 Å². The second kappa shape index (κ2) is 21.9. The Kier molecular flexibility index (Phi) is 16.7. The molecule has 2 nitrogen and oxygen atoms in total. The number of hydrogen-bond acceptors (Lipinski definition) is 4. The standard InChI is InChI=1S/C48H48O2S2/c1-37(11-9-13-39-19-33-47(51-5)34-20-39)17-23-41(43-25-29-45(49-3)30-26-43)15-7-8-16-42(44-27-31-46(50-4)32-28-44)24-18-38(2)12-10-14-40-21-35-48(52-6)36-22-40/h7-36H,1-6H3. The molecule has 0 unspecified atom stereocenters. The lowest BCUT2D eigenvalue weighted by Gasteiger charge is -2.05. The molecule has 0 radical (unpaired) electrons. The van der Waals surface area contributed by atoms with Crippen molar-refractivity contribution in [1.29, 1.82) is 0 Å². The first kappa shape index (κ1) is 39.6. The Morgan fingerprint density at radius 3 is 1.13 bits per heavy atom. The molecule has 264 valence electrons. The molecular weight excluding hydrogens is 673 g/mol. The van der Waals surface area contributed by atoms with Crippen LogP contribution in [0, 0.1) is 0 Å². The minimum atomic E-state index is 0.831. The molecule has 4 rings (SSSR count). The molecule has 0 spiro atoms. The fourth-order valence-corrected chi connectivity index (χ4v) is 5.80. The van der Waals surface area contributed by atoms with Crippen LogP contribution in [-0.4, -0.2) is 26.7 Å². The molecule has 0 bridgehead atoms. The van der Waals surface area contributed by atoms with Gasteiger partial charge in [-0.1, -0.05) is 145 Å². The molecule has 0 aromatic heterocycles. The van der Waals surface area contributed by atoms with E-state index >= 15 is 0 Å². The van der Waals surface area contributed by atoms with Crippen LogP contribution in [-0.2, 0) is 0 Å². The van der Waals surface area contributed by atoms with Crippen LogP contribution in [0.5, 0.6) is 11.5 Å².